The molecule has 1 aliphatic heterocycles. The highest BCUT2D eigenvalue weighted by Gasteiger charge is 2.32. The monoisotopic (exact) mass is 336 g/mol. The lowest BCUT2D eigenvalue weighted by molar-refractivity contribution is 0.148. The van der Waals surface area contributed by atoms with E-state index in [1.807, 2.05) is 48.1 Å². The summed E-state index contributed by atoms with van der Waals surface area (Å²) in [5, 5.41) is 19.0. The molecule has 1 aliphatic rings. The van der Waals surface area contributed by atoms with Gasteiger partial charge in [-0.1, -0.05) is 6.07 Å². The van der Waals surface area contributed by atoms with Gasteiger partial charge in [-0.25, -0.2) is 4.98 Å². The Morgan fingerprint density at radius 2 is 2.00 bits per heavy atom. The number of hydrogen-bond acceptors (Lipinski definition) is 6. The highest BCUT2D eigenvalue weighted by atomic mass is 16.3. The first-order valence-corrected chi connectivity index (χ1v) is 8.35. The Balaban J connectivity index is 1.47. The molecule has 1 fully saturated rings. The van der Waals surface area contributed by atoms with Gasteiger partial charge in [0.05, 0.1) is 6.10 Å². The zero-order chi connectivity index (χ0) is 17.2. The van der Waals surface area contributed by atoms with Crippen LogP contribution in [-0.2, 0) is 13.5 Å². The number of pyridine rings is 1. The average Bonchev–Trinajstić information content (AvgIpc) is 3.22. The van der Waals surface area contributed by atoms with E-state index >= 15 is 0 Å². The maximum absolute atomic E-state index is 10.4. The van der Waals surface area contributed by atoms with Gasteiger partial charge in [-0.3, -0.25) is 4.98 Å². The summed E-state index contributed by atoms with van der Waals surface area (Å²) in [6.45, 7) is 1.31. The summed E-state index contributed by atoms with van der Waals surface area (Å²) in [6.07, 6.45) is 5.78. The first-order valence-electron chi connectivity index (χ1n) is 8.35. The molecule has 0 amide bonds. The Labute approximate surface area is 146 Å². The number of aryl methyl sites for hydroxylation is 1. The van der Waals surface area contributed by atoms with E-state index in [1.165, 1.54) is 0 Å². The Bertz CT molecular complexity index is 832. The van der Waals surface area contributed by atoms with Gasteiger partial charge in [0, 0.05) is 50.3 Å². The Hall–Kier alpha value is -2.80. The number of aromatic nitrogens is 5. The van der Waals surface area contributed by atoms with Crippen LogP contribution in [0.3, 0.4) is 0 Å². The highest BCUT2D eigenvalue weighted by molar-refractivity contribution is 5.52. The largest absolute Gasteiger partial charge is 0.391 e. The smallest absolute Gasteiger partial charge is 0.160 e. The third kappa shape index (κ3) is 3.23. The summed E-state index contributed by atoms with van der Waals surface area (Å²) < 4.78 is 1.91. The highest BCUT2D eigenvalue weighted by Crippen LogP contribution is 2.25. The van der Waals surface area contributed by atoms with Crippen LogP contribution in [-0.4, -0.2) is 49.0 Å². The van der Waals surface area contributed by atoms with Crippen molar-refractivity contribution in [1.29, 1.82) is 0 Å². The molecular weight excluding hydrogens is 316 g/mol. The number of rotatable bonds is 4. The second-order valence-corrected chi connectivity index (χ2v) is 6.40. The summed E-state index contributed by atoms with van der Waals surface area (Å²) in [7, 11) is 1.93. The summed E-state index contributed by atoms with van der Waals surface area (Å²) in [5.74, 6) is 1.71. The van der Waals surface area contributed by atoms with E-state index in [0.29, 0.717) is 6.54 Å². The van der Waals surface area contributed by atoms with Gasteiger partial charge in [0.2, 0.25) is 0 Å². The second-order valence-electron chi connectivity index (χ2n) is 6.40. The number of aliphatic hydroxyl groups excluding tert-OH is 1. The van der Waals surface area contributed by atoms with Crippen LogP contribution in [0.5, 0.6) is 0 Å². The van der Waals surface area contributed by atoms with E-state index in [-0.39, 0.29) is 5.92 Å². The standard InChI is InChI=1S/C18H20N6O/c1-23-9-8-20-18(23)15-5-6-17(22-21-15)24-11-13(16(25)12-24)10-14-4-2-3-7-19-14/h2-9,13,16,25H,10-12H2,1H3/t13-,16-/m1/s1. The molecule has 7 nitrogen and oxygen atoms in total. The maximum atomic E-state index is 10.4. The number of imidazole rings is 1. The first-order chi connectivity index (χ1) is 12.2. The minimum Gasteiger partial charge on any atom is -0.391 e. The fraction of sp³-hybridized carbons (Fsp3) is 0.333. The lowest BCUT2D eigenvalue weighted by Crippen LogP contribution is -2.22. The molecule has 0 radical (unpaired) electrons. The van der Waals surface area contributed by atoms with E-state index in [9.17, 15) is 5.11 Å². The van der Waals surface area contributed by atoms with Crippen molar-refractivity contribution in [3.05, 3.63) is 54.6 Å². The van der Waals surface area contributed by atoms with Crippen LogP contribution < -0.4 is 4.90 Å². The van der Waals surface area contributed by atoms with Crippen LogP contribution in [0, 0.1) is 5.92 Å². The van der Waals surface area contributed by atoms with Crippen LogP contribution in [0.25, 0.3) is 11.5 Å². The molecule has 0 spiro atoms. The predicted molar refractivity (Wildman–Crippen MR) is 93.9 cm³/mol. The molecule has 2 atom stereocenters. The number of aliphatic hydroxyl groups is 1. The Morgan fingerprint density at radius 3 is 2.68 bits per heavy atom. The summed E-state index contributed by atoms with van der Waals surface area (Å²) >= 11 is 0. The van der Waals surface area contributed by atoms with Crippen molar-refractivity contribution in [3.8, 4) is 11.5 Å². The van der Waals surface area contributed by atoms with Crippen molar-refractivity contribution >= 4 is 5.82 Å². The van der Waals surface area contributed by atoms with Crippen LogP contribution >= 0.6 is 0 Å². The van der Waals surface area contributed by atoms with Gasteiger partial charge in [0.25, 0.3) is 0 Å². The van der Waals surface area contributed by atoms with E-state index in [2.05, 4.69) is 25.1 Å². The Morgan fingerprint density at radius 1 is 1.08 bits per heavy atom. The molecule has 1 N–H and O–H groups in total. The van der Waals surface area contributed by atoms with Crippen LogP contribution in [0.2, 0.25) is 0 Å². The number of nitrogens with zero attached hydrogens (tertiary/aromatic N) is 6. The minimum atomic E-state index is -0.391. The molecule has 0 saturated carbocycles. The van der Waals surface area contributed by atoms with E-state index in [4.69, 9.17) is 0 Å². The van der Waals surface area contributed by atoms with E-state index in [0.717, 1.165) is 36.0 Å². The number of β-amino-alcohol motifs (C(OH)–C–C–N with tert-alkyl or cyclic N) is 1. The SMILES string of the molecule is Cn1ccnc1-c1ccc(N2C[C@@H](Cc3ccccn3)[C@H](O)C2)nn1. The lowest BCUT2D eigenvalue weighted by Gasteiger charge is -2.16. The molecule has 128 valence electrons. The molecule has 0 bridgehead atoms. The normalized spacial score (nSPS) is 20.2. The molecule has 3 aromatic rings. The molecule has 0 unspecified atom stereocenters. The molecule has 1 saturated heterocycles. The predicted octanol–water partition coefficient (Wildman–Crippen LogP) is 1.31. The molecule has 0 aliphatic carbocycles. The van der Waals surface area contributed by atoms with Crippen molar-refractivity contribution in [2.75, 3.05) is 18.0 Å². The summed E-state index contributed by atoms with van der Waals surface area (Å²) in [6, 6.07) is 9.73. The average molecular weight is 336 g/mol. The third-order valence-corrected chi connectivity index (χ3v) is 4.63. The molecule has 4 heterocycles. The van der Waals surface area contributed by atoms with Crippen molar-refractivity contribution in [2.24, 2.45) is 13.0 Å². The van der Waals surface area contributed by atoms with Gasteiger partial charge in [-0.2, -0.15) is 0 Å². The van der Waals surface area contributed by atoms with Crippen molar-refractivity contribution in [3.63, 3.8) is 0 Å². The molecular formula is C18H20N6O. The zero-order valence-electron chi connectivity index (χ0n) is 14.0. The Kier molecular flexibility index (Phi) is 4.15. The van der Waals surface area contributed by atoms with Crippen LogP contribution in [0.4, 0.5) is 5.82 Å². The van der Waals surface area contributed by atoms with Gasteiger partial charge >= 0.3 is 0 Å². The minimum absolute atomic E-state index is 0.144. The van der Waals surface area contributed by atoms with Gasteiger partial charge in [-0.05, 0) is 30.7 Å². The first kappa shape index (κ1) is 15.7. The van der Waals surface area contributed by atoms with E-state index < -0.39 is 6.10 Å². The molecule has 0 aromatic carbocycles. The van der Waals surface area contributed by atoms with Gasteiger partial charge in [0.1, 0.15) is 5.69 Å². The van der Waals surface area contributed by atoms with Crippen molar-refractivity contribution in [2.45, 2.75) is 12.5 Å². The fourth-order valence-electron chi connectivity index (χ4n) is 3.25. The van der Waals surface area contributed by atoms with Gasteiger partial charge in [0.15, 0.2) is 11.6 Å². The molecule has 4 rings (SSSR count). The summed E-state index contributed by atoms with van der Waals surface area (Å²) in [5.41, 5.74) is 1.74. The topological polar surface area (TPSA) is 80.0 Å². The van der Waals surface area contributed by atoms with Gasteiger partial charge < -0.3 is 14.6 Å². The van der Waals surface area contributed by atoms with Gasteiger partial charge in [-0.15, -0.1) is 10.2 Å². The van der Waals surface area contributed by atoms with Crippen molar-refractivity contribution in [1.82, 2.24) is 24.7 Å². The van der Waals surface area contributed by atoms with Crippen molar-refractivity contribution < 1.29 is 5.11 Å². The van der Waals surface area contributed by atoms with E-state index in [1.54, 1.807) is 12.4 Å². The zero-order valence-corrected chi connectivity index (χ0v) is 14.0. The number of hydrogen-bond donors (Lipinski definition) is 1. The quantitative estimate of drug-likeness (QED) is 0.774. The number of anilines is 1. The van der Waals surface area contributed by atoms with Crippen LogP contribution in [0.1, 0.15) is 5.69 Å². The molecule has 3 aromatic heterocycles. The third-order valence-electron chi connectivity index (χ3n) is 4.63. The van der Waals surface area contributed by atoms with Crippen LogP contribution in [0.15, 0.2) is 48.9 Å². The molecule has 7 heteroatoms. The summed E-state index contributed by atoms with van der Waals surface area (Å²) in [4.78, 5) is 10.7. The lowest BCUT2D eigenvalue weighted by atomic mass is 10.00. The maximum Gasteiger partial charge on any atom is 0.160 e. The molecule has 25 heavy (non-hydrogen) atoms. The second kappa shape index (κ2) is 6.60. The fourth-order valence-corrected chi connectivity index (χ4v) is 3.25.